The molecule has 4 aromatic rings. The molecular formula is C27H23F6N3O2. The molecule has 0 aliphatic heterocycles. The molecule has 11 heteroatoms. The molecule has 0 radical (unpaired) electrons. The number of hydrogen-bond acceptors (Lipinski definition) is 3. The summed E-state index contributed by atoms with van der Waals surface area (Å²) >= 11 is 0. The number of anilines is 1. The third-order valence-corrected chi connectivity index (χ3v) is 6.65. The molecular weight excluding hydrogens is 512 g/mol. The smallest absolute Gasteiger partial charge is 0.369 e. The molecule has 0 spiro atoms. The fraction of sp³-hybridized carbons (Fsp3) is 0.259. The van der Waals surface area contributed by atoms with Gasteiger partial charge in [0.15, 0.2) is 0 Å². The summed E-state index contributed by atoms with van der Waals surface area (Å²) in [4.78, 5) is 18.8. The minimum atomic E-state index is -5.97. The van der Waals surface area contributed by atoms with Crippen molar-refractivity contribution in [1.29, 1.82) is 0 Å². The summed E-state index contributed by atoms with van der Waals surface area (Å²) in [7, 11) is 1.60. The number of rotatable bonds is 5. The molecule has 0 unspecified atom stereocenters. The van der Waals surface area contributed by atoms with Crippen LogP contribution in [0.15, 0.2) is 66.9 Å². The van der Waals surface area contributed by atoms with Gasteiger partial charge in [0.25, 0.3) is 11.5 Å². The third kappa shape index (κ3) is 4.51. The molecule has 0 fully saturated rings. The van der Waals surface area contributed by atoms with Crippen LogP contribution in [0.3, 0.4) is 0 Å². The number of carbonyl (C=O) groups is 1. The van der Waals surface area contributed by atoms with Crippen LogP contribution in [0.2, 0.25) is 0 Å². The van der Waals surface area contributed by atoms with E-state index in [1.807, 2.05) is 0 Å². The van der Waals surface area contributed by atoms with Gasteiger partial charge in [0.2, 0.25) is 0 Å². The first-order valence-electron chi connectivity index (χ1n) is 11.4. The van der Waals surface area contributed by atoms with Crippen molar-refractivity contribution >= 4 is 22.6 Å². The van der Waals surface area contributed by atoms with Gasteiger partial charge in [-0.2, -0.15) is 26.3 Å². The first-order chi connectivity index (χ1) is 17.7. The van der Waals surface area contributed by atoms with Crippen molar-refractivity contribution in [2.75, 3.05) is 11.9 Å². The molecule has 38 heavy (non-hydrogen) atoms. The number of hydrogen-bond donors (Lipinski definition) is 1. The Morgan fingerprint density at radius 3 is 2.24 bits per heavy atom. The summed E-state index contributed by atoms with van der Waals surface area (Å²) in [6.07, 6.45) is -10.4. The van der Waals surface area contributed by atoms with Crippen LogP contribution in [0, 0.1) is 13.8 Å². The van der Waals surface area contributed by atoms with Crippen LogP contribution in [-0.4, -0.2) is 40.0 Å². The number of aliphatic hydroxyl groups is 1. The molecule has 1 N–H and O–H groups in total. The number of halogens is 6. The third-order valence-electron chi connectivity index (χ3n) is 6.65. The molecule has 1 amide bonds. The van der Waals surface area contributed by atoms with Gasteiger partial charge in [0, 0.05) is 47.5 Å². The van der Waals surface area contributed by atoms with E-state index in [2.05, 4.69) is 4.98 Å². The first-order valence-corrected chi connectivity index (χ1v) is 11.4. The SMILES string of the molecule is Cc1c(Cn2c(C)cc3cc(C(O)(C(F)(F)F)C(F)(F)F)ccc32)cccc1C(=O)N(C)c1ccccn1. The highest BCUT2D eigenvalue weighted by Gasteiger charge is 2.71. The maximum atomic E-state index is 13.4. The Morgan fingerprint density at radius 1 is 0.947 bits per heavy atom. The van der Waals surface area contributed by atoms with Crippen molar-refractivity contribution in [2.45, 2.75) is 38.3 Å². The lowest BCUT2D eigenvalue weighted by Crippen LogP contribution is -2.53. The number of alkyl halides is 6. The maximum Gasteiger partial charge on any atom is 0.430 e. The number of amides is 1. The number of pyridine rings is 1. The molecule has 0 atom stereocenters. The number of carbonyl (C=O) groups excluding carboxylic acids is 1. The average Bonchev–Trinajstić information content (AvgIpc) is 3.17. The van der Waals surface area contributed by atoms with Crippen LogP contribution >= 0.6 is 0 Å². The van der Waals surface area contributed by atoms with Crippen LogP contribution in [0.1, 0.15) is 32.7 Å². The van der Waals surface area contributed by atoms with Crippen molar-refractivity contribution in [1.82, 2.24) is 9.55 Å². The quantitative estimate of drug-likeness (QED) is 0.306. The molecule has 2 heterocycles. The molecule has 5 nitrogen and oxygen atoms in total. The standard InChI is InChI=1S/C27H23F6N3O2/c1-16-13-19-14-20(25(38,26(28,29)30)27(31,32)33)10-11-22(19)36(16)15-18-7-6-8-21(17(18)2)24(37)35(3)23-9-4-5-12-34-23/h4-14,38H,15H2,1-3H3. The Labute approximate surface area is 213 Å². The molecule has 2 aromatic carbocycles. The minimum Gasteiger partial charge on any atom is -0.369 e. The summed E-state index contributed by atoms with van der Waals surface area (Å²) in [6, 6.07) is 14.2. The predicted octanol–water partition coefficient (Wildman–Crippen LogP) is 6.29. The van der Waals surface area contributed by atoms with E-state index in [1.165, 1.54) is 11.0 Å². The number of fused-ring (bicyclic) bond motifs is 1. The van der Waals surface area contributed by atoms with Gasteiger partial charge < -0.3 is 9.67 Å². The van der Waals surface area contributed by atoms with E-state index in [9.17, 15) is 36.2 Å². The van der Waals surface area contributed by atoms with Gasteiger partial charge >= 0.3 is 12.4 Å². The fourth-order valence-corrected chi connectivity index (χ4v) is 4.43. The highest BCUT2D eigenvalue weighted by molar-refractivity contribution is 6.06. The lowest BCUT2D eigenvalue weighted by atomic mass is 9.91. The molecule has 0 aliphatic carbocycles. The molecule has 4 rings (SSSR count). The Morgan fingerprint density at radius 2 is 1.63 bits per heavy atom. The second kappa shape index (κ2) is 9.46. The van der Waals surface area contributed by atoms with Crippen molar-refractivity contribution in [3.8, 4) is 0 Å². The van der Waals surface area contributed by atoms with Gasteiger partial charge in [-0.15, -0.1) is 0 Å². The van der Waals surface area contributed by atoms with Crippen LogP contribution in [0.5, 0.6) is 0 Å². The highest BCUT2D eigenvalue weighted by Crippen LogP contribution is 2.50. The topological polar surface area (TPSA) is 58.4 Å². The average molecular weight is 535 g/mol. The van der Waals surface area contributed by atoms with E-state index in [-0.39, 0.29) is 17.8 Å². The second-order valence-electron chi connectivity index (χ2n) is 8.99. The van der Waals surface area contributed by atoms with Gasteiger partial charge in [-0.1, -0.05) is 24.3 Å². The summed E-state index contributed by atoms with van der Waals surface area (Å²) < 4.78 is 81.9. The normalized spacial score (nSPS) is 12.7. The van der Waals surface area contributed by atoms with Crippen molar-refractivity contribution in [3.63, 3.8) is 0 Å². The summed E-state index contributed by atoms with van der Waals surface area (Å²) in [5.41, 5.74) is -3.55. The summed E-state index contributed by atoms with van der Waals surface area (Å²) in [6.45, 7) is 3.64. The predicted molar refractivity (Wildman–Crippen MR) is 130 cm³/mol. The van der Waals surface area contributed by atoms with Gasteiger partial charge in [-0.3, -0.25) is 9.69 Å². The molecule has 200 valence electrons. The van der Waals surface area contributed by atoms with Crippen molar-refractivity contribution in [2.24, 2.45) is 0 Å². The Hall–Kier alpha value is -3.86. The zero-order valence-corrected chi connectivity index (χ0v) is 20.5. The van der Waals surface area contributed by atoms with Crippen LogP contribution < -0.4 is 4.90 Å². The van der Waals surface area contributed by atoms with E-state index >= 15 is 0 Å². The van der Waals surface area contributed by atoms with Crippen molar-refractivity contribution < 1.29 is 36.2 Å². The van der Waals surface area contributed by atoms with E-state index < -0.39 is 23.5 Å². The van der Waals surface area contributed by atoms with Crippen molar-refractivity contribution in [3.05, 3.63) is 94.8 Å². The number of aromatic nitrogens is 2. The van der Waals surface area contributed by atoms with E-state index in [0.717, 1.165) is 11.6 Å². The zero-order chi connectivity index (χ0) is 28.0. The highest BCUT2D eigenvalue weighted by atomic mass is 19.4. The van der Waals surface area contributed by atoms with E-state index in [4.69, 9.17) is 0 Å². The number of benzene rings is 2. The Bertz CT molecular complexity index is 1480. The monoisotopic (exact) mass is 535 g/mol. The van der Waals surface area contributed by atoms with Crippen LogP contribution in [0.4, 0.5) is 32.2 Å². The second-order valence-corrected chi connectivity index (χ2v) is 8.99. The van der Waals surface area contributed by atoms with Crippen LogP contribution in [-0.2, 0) is 12.1 Å². The van der Waals surface area contributed by atoms with Gasteiger partial charge in [-0.25, -0.2) is 4.98 Å². The first kappa shape index (κ1) is 27.2. The summed E-state index contributed by atoms with van der Waals surface area (Å²) in [5.74, 6) is 0.170. The number of nitrogens with zero attached hydrogens (tertiary/aromatic N) is 3. The van der Waals surface area contributed by atoms with Crippen LogP contribution in [0.25, 0.3) is 10.9 Å². The minimum absolute atomic E-state index is 0.103. The molecule has 0 bridgehead atoms. The molecule has 0 aliphatic rings. The fourth-order valence-electron chi connectivity index (χ4n) is 4.43. The zero-order valence-electron chi connectivity index (χ0n) is 20.5. The Kier molecular flexibility index (Phi) is 6.77. The molecule has 2 aromatic heterocycles. The van der Waals surface area contributed by atoms with Gasteiger partial charge in [0.1, 0.15) is 5.82 Å². The lowest BCUT2D eigenvalue weighted by Gasteiger charge is -2.32. The van der Waals surface area contributed by atoms with Gasteiger partial charge in [-0.05, 0) is 61.4 Å². The van der Waals surface area contributed by atoms with E-state index in [0.29, 0.717) is 40.3 Å². The largest absolute Gasteiger partial charge is 0.430 e. The lowest BCUT2D eigenvalue weighted by molar-refractivity contribution is -0.376. The molecule has 0 saturated heterocycles. The van der Waals surface area contributed by atoms with Gasteiger partial charge in [0.05, 0.1) is 0 Å². The number of aryl methyl sites for hydroxylation is 1. The summed E-state index contributed by atoms with van der Waals surface area (Å²) in [5, 5.41) is 9.88. The Balaban J connectivity index is 1.72. The van der Waals surface area contributed by atoms with E-state index in [1.54, 1.807) is 68.1 Å². The maximum absolute atomic E-state index is 13.4. The molecule has 0 saturated carbocycles.